The molecule has 4 aromatic rings. The number of allylic oxidation sites excluding steroid dienone is 1. The number of thioether (sulfide) groups is 1. The molecule has 1 N–H and O–H groups in total. The number of esters is 1. The van der Waals surface area contributed by atoms with E-state index in [1.54, 1.807) is 4.68 Å². The number of aromatic nitrogens is 3. The van der Waals surface area contributed by atoms with Gasteiger partial charge in [0.1, 0.15) is 17.5 Å². The van der Waals surface area contributed by atoms with E-state index in [2.05, 4.69) is 5.32 Å². The quantitative estimate of drug-likeness (QED) is 0.175. The van der Waals surface area contributed by atoms with Crippen molar-refractivity contribution in [3.05, 3.63) is 106 Å². The summed E-state index contributed by atoms with van der Waals surface area (Å²) in [4.78, 5) is 18.0. The lowest BCUT2D eigenvalue weighted by Gasteiger charge is -2.28. The standard InChI is InChI=1S/C29H27ClN4O3S/c1-3-16-36-27(35)25-19(2)31-28-32-29(38-18-21-10-7-8-15-24(21)30)33-34(28)26(25)20-11-9-14-23(17-20)37-22-12-5-4-6-13-22/h4-15,17,26H,3,16,18H2,1-2H3,(H,31,32,33). The van der Waals surface area contributed by atoms with Crippen LogP contribution in [-0.2, 0) is 15.3 Å². The second-order valence-corrected chi connectivity index (χ2v) is 10.1. The minimum atomic E-state index is -0.544. The van der Waals surface area contributed by atoms with Gasteiger partial charge in [-0.15, -0.1) is 5.10 Å². The van der Waals surface area contributed by atoms with Crippen LogP contribution in [0, 0.1) is 0 Å². The van der Waals surface area contributed by atoms with E-state index < -0.39 is 6.04 Å². The maximum absolute atomic E-state index is 13.3. The van der Waals surface area contributed by atoms with E-state index in [4.69, 9.17) is 31.2 Å². The number of hydrogen-bond acceptors (Lipinski definition) is 7. The summed E-state index contributed by atoms with van der Waals surface area (Å²) in [7, 11) is 0. The van der Waals surface area contributed by atoms with Crippen molar-refractivity contribution in [3.63, 3.8) is 0 Å². The van der Waals surface area contributed by atoms with Gasteiger partial charge >= 0.3 is 5.97 Å². The normalized spacial score (nSPS) is 14.6. The Morgan fingerprint density at radius 3 is 2.61 bits per heavy atom. The lowest BCUT2D eigenvalue weighted by Crippen LogP contribution is -2.29. The van der Waals surface area contributed by atoms with Crippen molar-refractivity contribution in [3.8, 4) is 11.5 Å². The van der Waals surface area contributed by atoms with Gasteiger partial charge in [-0.25, -0.2) is 9.48 Å². The van der Waals surface area contributed by atoms with Crippen molar-refractivity contribution in [1.82, 2.24) is 14.8 Å². The average molecular weight is 547 g/mol. The predicted octanol–water partition coefficient (Wildman–Crippen LogP) is 7.26. The number of benzene rings is 3. The molecule has 0 spiro atoms. The number of anilines is 1. The molecular formula is C29H27ClN4O3S. The van der Waals surface area contributed by atoms with Gasteiger partial charge in [0.2, 0.25) is 11.1 Å². The van der Waals surface area contributed by atoms with E-state index in [1.165, 1.54) is 11.8 Å². The van der Waals surface area contributed by atoms with Crippen molar-refractivity contribution < 1.29 is 14.3 Å². The molecule has 0 aliphatic carbocycles. The van der Waals surface area contributed by atoms with Crippen molar-refractivity contribution in [2.24, 2.45) is 0 Å². The highest BCUT2D eigenvalue weighted by Crippen LogP contribution is 2.38. The van der Waals surface area contributed by atoms with Gasteiger partial charge in [-0.2, -0.15) is 4.98 Å². The lowest BCUT2D eigenvalue weighted by atomic mass is 9.95. The average Bonchev–Trinajstić information content (AvgIpc) is 3.33. The molecular weight excluding hydrogens is 520 g/mol. The number of carbonyl (C=O) groups excluding carboxylic acids is 1. The molecule has 194 valence electrons. The summed E-state index contributed by atoms with van der Waals surface area (Å²) in [6, 6.07) is 24.4. The van der Waals surface area contributed by atoms with Crippen LogP contribution in [0.4, 0.5) is 5.95 Å². The first-order valence-corrected chi connectivity index (χ1v) is 13.7. The molecule has 0 saturated carbocycles. The molecule has 2 heterocycles. The first-order chi connectivity index (χ1) is 18.5. The van der Waals surface area contributed by atoms with E-state index >= 15 is 0 Å². The molecule has 1 atom stereocenters. The summed E-state index contributed by atoms with van der Waals surface area (Å²) >= 11 is 7.82. The Morgan fingerprint density at radius 2 is 1.82 bits per heavy atom. The largest absolute Gasteiger partial charge is 0.462 e. The fourth-order valence-corrected chi connectivity index (χ4v) is 5.28. The second kappa shape index (κ2) is 11.8. The summed E-state index contributed by atoms with van der Waals surface area (Å²) in [6.07, 6.45) is 0.730. The van der Waals surface area contributed by atoms with Crippen LogP contribution in [0.1, 0.15) is 37.4 Å². The van der Waals surface area contributed by atoms with Crippen LogP contribution in [0.15, 0.2) is 95.3 Å². The number of ether oxygens (including phenoxy) is 2. The zero-order valence-electron chi connectivity index (χ0n) is 21.1. The van der Waals surface area contributed by atoms with Gasteiger partial charge < -0.3 is 14.8 Å². The van der Waals surface area contributed by atoms with Crippen LogP contribution in [-0.4, -0.2) is 27.3 Å². The third kappa shape index (κ3) is 5.71. The Balaban J connectivity index is 1.50. The highest BCUT2D eigenvalue weighted by molar-refractivity contribution is 7.98. The molecule has 0 bridgehead atoms. The Kier molecular flexibility index (Phi) is 8.00. The summed E-state index contributed by atoms with van der Waals surface area (Å²) in [5, 5.41) is 9.32. The zero-order chi connectivity index (χ0) is 26.5. The van der Waals surface area contributed by atoms with Crippen LogP contribution in [0.25, 0.3) is 0 Å². The maximum Gasteiger partial charge on any atom is 0.338 e. The molecule has 0 amide bonds. The first-order valence-electron chi connectivity index (χ1n) is 12.3. The van der Waals surface area contributed by atoms with Gasteiger partial charge in [0.05, 0.1) is 12.2 Å². The molecule has 1 aliphatic heterocycles. The minimum absolute atomic E-state index is 0.336. The third-order valence-electron chi connectivity index (χ3n) is 5.96. The SMILES string of the molecule is CCCOC(=O)C1=C(C)Nc2nc(SCc3ccccc3Cl)nn2C1c1cccc(Oc2ccccc2)c1. The highest BCUT2D eigenvalue weighted by Gasteiger charge is 2.35. The Hall–Kier alpha value is -3.75. The van der Waals surface area contributed by atoms with Crippen LogP contribution < -0.4 is 10.1 Å². The molecule has 0 fully saturated rings. The van der Waals surface area contributed by atoms with Crippen LogP contribution in [0.3, 0.4) is 0 Å². The van der Waals surface area contributed by atoms with Gasteiger partial charge in [-0.05, 0) is 54.8 Å². The predicted molar refractivity (Wildman–Crippen MR) is 150 cm³/mol. The second-order valence-electron chi connectivity index (χ2n) is 8.73. The number of rotatable bonds is 9. The fraction of sp³-hybridized carbons (Fsp3) is 0.207. The Morgan fingerprint density at radius 1 is 1.05 bits per heavy atom. The maximum atomic E-state index is 13.3. The number of halogens is 1. The molecule has 1 aromatic heterocycles. The van der Waals surface area contributed by atoms with E-state index in [9.17, 15) is 4.79 Å². The van der Waals surface area contributed by atoms with Crippen molar-refractivity contribution in [2.75, 3.05) is 11.9 Å². The number of hydrogen-bond donors (Lipinski definition) is 1. The molecule has 38 heavy (non-hydrogen) atoms. The monoisotopic (exact) mass is 546 g/mol. The van der Waals surface area contributed by atoms with E-state index in [0.717, 1.165) is 23.3 Å². The smallest absolute Gasteiger partial charge is 0.338 e. The minimum Gasteiger partial charge on any atom is -0.462 e. The fourth-order valence-electron chi connectivity index (χ4n) is 4.17. The molecule has 1 aliphatic rings. The van der Waals surface area contributed by atoms with Gasteiger partial charge in [0, 0.05) is 16.5 Å². The number of carbonyl (C=O) groups is 1. The van der Waals surface area contributed by atoms with Gasteiger partial charge in [0.25, 0.3) is 0 Å². The summed E-state index contributed by atoms with van der Waals surface area (Å²) < 4.78 is 13.4. The Bertz CT molecular complexity index is 1470. The molecule has 5 rings (SSSR count). The van der Waals surface area contributed by atoms with Crippen LogP contribution in [0.5, 0.6) is 11.5 Å². The van der Waals surface area contributed by atoms with E-state index in [0.29, 0.717) is 45.5 Å². The Labute approximate surface area is 230 Å². The van der Waals surface area contributed by atoms with Crippen LogP contribution in [0.2, 0.25) is 5.02 Å². The topological polar surface area (TPSA) is 78.3 Å². The number of para-hydroxylation sites is 1. The van der Waals surface area contributed by atoms with Crippen molar-refractivity contribution in [2.45, 2.75) is 37.2 Å². The zero-order valence-corrected chi connectivity index (χ0v) is 22.6. The van der Waals surface area contributed by atoms with Crippen molar-refractivity contribution >= 4 is 35.3 Å². The van der Waals surface area contributed by atoms with E-state index in [1.807, 2.05) is 92.7 Å². The molecule has 9 heteroatoms. The highest BCUT2D eigenvalue weighted by atomic mass is 35.5. The van der Waals surface area contributed by atoms with Crippen molar-refractivity contribution in [1.29, 1.82) is 0 Å². The number of nitrogens with zero attached hydrogens (tertiary/aromatic N) is 3. The number of fused-ring (bicyclic) bond motifs is 1. The third-order valence-corrected chi connectivity index (χ3v) is 7.21. The molecule has 7 nitrogen and oxygen atoms in total. The van der Waals surface area contributed by atoms with E-state index in [-0.39, 0.29) is 5.97 Å². The first kappa shape index (κ1) is 25.9. The van der Waals surface area contributed by atoms with Gasteiger partial charge in [-0.1, -0.05) is 78.8 Å². The molecule has 1 unspecified atom stereocenters. The van der Waals surface area contributed by atoms with Gasteiger partial charge in [0.15, 0.2) is 0 Å². The summed E-state index contributed by atoms with van der Waals surface area (Å²) in [5.41, 5.74) is 2.99. The van der Waals surface area contributed by atoms with Crippen LogP contribution >= 0.6 is 23.4 Å². The number of nitrogens with one attached hydrogen (secondary N) is 1. The molecule has 0 saturated heterocycles. The van der Waals surface area contributed by atoms with Gasteiger partial charge in [-0.3, -0.25) is 0 Å². The lowest BCUT2D eigenvalue weighted by molar-refractivity contribution is -0.139. The molecule has 0 radical (unpaired) electrons. The summed E-state index contributed by atoms with van der Waals surface area (Å²) in [6.45, 7) is 4.16. The summed E-state index contributed by atoms with van der Waals surface area (Å²) in [5.74, 6) is 2.16. The molecule has 3 aromatic carbocycles.